The fourth-order valence-corrected chi connectivity index (χ4v) is 2.03. The molecule has 4 nitrogen and oxygen atoms in total. The van der Waals surface area contributed by atoms with Crippen molar-refractivity contribution in [3.05, 3.63) is 28.8 Å². The van der Waals surface area contributed by atoms with Crippen LogP contribution in [0.15, 0.2) is 12.1 Å². The maximum Gasteiger partial charge on any atom is 0.307 e. The molecule has 2 N–H and O–H groups in total. The largest absolute Gasteiger partial charge is 0.493 e. The van der Waals surface area contributed by atoms with E-state index in [9.17, 15) is 9.90 Å². The Morgan fingerprint density at radius 2 is 2.25 bits per heavy atom. The van der Waals surface area contributed by atoms with Crippen LogP contribution in [0.5, 0.6) is 5.75 Å². The van der Waals surface area contributed by atoms with Gasteiger partial charge in [0.2, 0.25) is 0 Å². The van der Waals surface area contributed by atoms with Crippen LogP contribution in [0.1, 0.15) is 23.1 Å². The predicted octanol–water partition coefficient (Wildman–Crippen LogP) is 1.13. The number of rotatable bonds is 3. The quantitative estimate of drug-likeness (QED) is 0.804. The monoisotopic (exact) mass is 222 g/mol. The Morgan fingerprint density at radius 1 is 1.44 bits per heavy atom. The third-order valence-corrected chi connectivity index (χ3v) is 2.72. The van der Waals surface area contributed by atoms with Crippen LogP contribution in [0.4, 0.5) is 0 Å². The molecule has 16 heavy (non-hydrogen) atoms. The summed E-state index contributed by atoms with van der Waals surface area (Å²) >= 11 is 0. The lowest BCUT2D eigenvalue weighted by Gasteiger charge is -2.20. The summed E-state index contributed by atoms with van der Waals surface area (Å²) in [4.78, 5) is 10.6. The van der Waals surface area contributed by atoms with Crippen LogP contribution in [-0.2, 0) is 24.2 Å². The SMILES string of the molecule is O=C(O)Cc1cc(CO)c2c(c1)OCCC2. The van der Waals surface area contributed by atoms with Crippen molar-refractivity contribution in [3.63, 3.8) is 0 Å². The highest BCUT2D eigenvalue weighted by Gasteiger charge is 2.16. The first kappa shape index (κ1) is 11.0. The molecule has 0 atom stereocenters. The molecule has 0 saturated carbocycles. The zero-order valence-corrected chi connectivity index (χ0v) is 8.90. The molecule has 4 heteroatoms. The van der Waals surface area contributed by atoms with Gasteiger partial charge in [0.05, 0.1) is 19.6 Å². The molecule has 1 heterocycles. The second-order valence-corrected chi connectivity index (χ2v) is 3.91. The molecule has 1 aromatic rings. The van der Waals surface area contributed by atoms with Crippen molar-refractivity contribution in [2.75, 3.05) is 6.61 Å². The molecule has 1 aliphatic heterocycles. The first-order chi connectivity index (χ1) is 7.70. The number of carbonyl (C=O) groups is 1. The van der Waals surface area contributed by atoms with Gasteiger partial charge in [-0.05, 0) is 35.6 Å². The second-order valence-electron chi connectivity index (χ2n) is 3.91. The summed E-state index contributed by atoms with van der Waals surface area (Å²) in [6, 6.07) is 3.52. The number of ether oxygens (including phenoxy) is 1. The van der Waals surface area contributed by atoms with Crippen LogP contribution in [0.25, 0.3) is 0 Å². The van der Waals surface area contributed by atoms with Crippen molar-refractivity contribution < 1.29 is 19.7 Å². The van der Waals surface area contributed by atoms with Crippen molar-refractivity contribution >= 4 is 5.97 Å². The minimum Gasteiger partial charge on any atom is -0.493 e. The van der Waals surface area contributed by atoms with Gasteiger partial charge in [-0.25, -0.2) is 0 Å². The molecule has 2 rings (SSSR count). The molecule has 0 amide bonds. The maximum absolute atomic E-state index is 10.6. The van der Waals surface area contributed by atoms with Crippen molar-refractivity contribution in [1.29, 1.82) is 0 Å². The third-order valence-electron chi connectivity index (χ3n) is 2.72. The predicted molar refractivity (Wildman–Crippen MR) is 57.5 cm³/mol. The zero-order chi connectivity index (χ0) is 11.5. The Morgan fingerprint density at radius 3 is 2.94 bits per heavy atom. The molecule has 0 unspecified atom stereocenters. The molecular weight excluding hydrogens is 208 g/mol. The fourth-order valence-electron chi connectivity index (χ4n) is 2.03. The molecule has 0 saturated heterocycles. The average molecular weight is 222 g/mol. The van der Waals surface area contributed by atoms with Crippen molar-refractivity contribution in [1.82, 2.24) is 0 Å². The molecule has 1 aliphatic rings. The topological polar surface area (TPSA) is 66.8 Å². The van der Waals surface area contributed by atoms with E-state index in [0.717, 1.165) is 29.7 Å². The first-order valence-electron chi connectivity index (χ1n) is 5.31. The molecule has 0 aliphatic carbocycles. The van der Waals surface area contributed by atoms with Gasteiger partial charge in [-0.1, -0.05) is 6.07 Å². The van der Waals surface area contributed by atoms with Gasteiger partial charge in [0.15, 0.2) is 0 Å². The van der Waals surface area contributed by atoms with Crippen molar-refractivity contribution in [3.8, 4) is 5.75 Å². The van der Waals surface area contributed by atoms with E-state index in [-0.39, 0.29) is 13.0 Å². The lowest BCUT2D eigenvalue weighted by molar-refractivity contribution is -0.136. The minimum atomic E-state index is -0.875. The lowest BCUT2D eigenvalue weighted by Crippen LogP contribution is -2.12. The van der Waals surface area contributed by atoms with E-state index in [1.54, 1.807) is 12.1 Å². The molecule has 0 fully saturated rings. The van der Waals surface area contributed by atoms with Crippen LogP contribution in [-0.4, -0.2) is 22.8 Å². The van der Waals surface area contributed by atoms with E-state index in [4.69, 9.17) is 9.84 Å². The maximum atomic E-state index is 10.6. The molecule has 0 bridgehead atoms. The standard InChI is InChI=1S/C12H14O4/c13-7-9-4-8(6-12(14)15)5-11-10(9)2-1-3-16-11/h4-5,13H,1-3,6-7H2,(H,14,15). The van der Waals surface area contributed by atoms with Gasteiger partial charge in [0.25, 0.3) is 0 Å². The molecule has 0 aromatic heterocycles. The average Bonchev–Trinajstić information content (AvgIpc) is 2.27. The number of hydrogen-bond donors (Lipinski definition) is 2. The number of aliphatic hydroxyl groups is 1. The van der Waals surface area contributed by atoms with E-state index in [1.807, 2.05) is 0 Å². The van der Waals surface area contributed by atoms with Crippen LogP contribution < -0.4 is 4.74 Å². The van der Waals surface area contributed by atoms with E-state index in [0.29, 0.717) is 12.2 Å². The van der Waals surface area contributed by atoms with Gasteiger partial charge in [0.1, 0.15) is 5.75 Å². The fraction of sp³-hybridized carbons (Fsp3) is 0.417. The Labute approximate surface area is 93.5 Å². The number of benzene rings is 1. The van der Waals surface area contributed by atoms with Crippen LogP contribution in [0.2, 0.25) is 0 Å². The summed E-state index contributed by atoms with van der Waals surface area (Å²) in [7, 11) is 0. The molecule has 0 radical (unpaired) electrons. The van der Waals surface area contributed by atoms with Gasteiger partial charge in [-0.3, -0.25) is 4.79 Å². The first-order valence-corrected chi connectivity index (χ1v) is 5.31. The van der Waals surface area contributed by atoms with Gasteiger partial charge in [-0.15, -0.1) is 0 Å². The summed E-state index contributed by atoms with van der Waals surface area (Å²) < 4.78 is 5.48. The second kappa shape index (κ2) is 4.53. The Bertz CT molecular complexity index is 394. The molecular formula is C12H14O4. The van der Waals surface area contributed by atoms with Crippen LogP contribution in [0, 0.1) is 0 Å². The summed E-state index contributed by atoms with van der Waals surface area (Å²) in [6.45, 7) is 0.591. The molecule has 1 aromatic carbocycles. The lowest BCUT2D eigenvalue weighted by atomic mass is 9.96. The normalized spacial score (nSPS) is 14.1. The van der Waals surface area contributed by atoms with Gasteiger partial charge in [-0.2, -0.15) is 0 Å². The third kappa shape index (κ3) is 2.17. The van der Waals surface area contributed by atoms with Crippen molar-refractivity contribution in [2.24, 2.45) is 0 Å². The summed E-state index contributed by atoms with van der Waals surface area (Å²) in [5.74, 6) is -0.145. The van der Waals surface area contributed by atoms with E-state index in [1.165, 1.54) is 0 Å². The zero-order valence-electron chi connectivity index (χ0n) is 8.90. The Hall–Kier alpha value is -1.55. The summed E-state index contributed by atoms with van der Waals surface area (Å²) in [5, 5.41) is 18.0. The Balaban J connectivity index is 2.39. The minimum absolute atomic E-state index is 0.0381. The Kier molecular flexibility index (Phi) is 3.10. The van der Waals surface area contributed by atoms with E-state index in [2.05, 4.69) is 0 Å². The van der Waals surface area contributed by atoms with Gasteiger partial charge >= 0.3 is 5.97 Å². The highest BCUT2D eigenvalue weighted by Crippen LogP contribution is 2.30. The number of aliphatic carboxylic acids is 1. The van der Waals surface area contributed by atoms with Crippen molar-refractivity contribution in [2.45, 2.75) is 25.9 Å². The number of fused-ring (bicyclic) bond motifs is 1. The smallest absolute Gasteiger partial charge is 0.307 e. The molecule has 86 valence electrons. The highest BCUT2D eigenvalue weighted by molar-refractivity contribution is 5.70. The molecule has 0 spiro atoms. The number of hydrogen-bond acceptors (Lipinski definition) is 3. The summed E-state index contributed by atoms with van der Waals surface area (Å²) in [6.07, 6.45) is 1.79. The van der Waals surface area contributed by atoms with Crippen LogP contribution >= 0.6 is 0 Å². The number of aliphatic hydroxyl groups excluding tert-OH is 1. The summed E-state index contributed by atoms with van der Waals surface area (Å²) in [5.41, 5.74) is 2.48. The highest BCUT2D eigenvalue weighted by atomic mass is 16.5. The van der Waals surface area contributed by atoms with Gasteiger partial charge < -0.3 is 14.9 Å². The van der Waals surface area contributed by atoms with E-state index < -0.39 is 5.97 Å². The van der Waals surface area contributed by atoms with Gasteiger partial charge in [0, 0.05) is 0 Å². The van der Waals surface area contributed by atoms with Crippen LogP contribution in [0.3, 0.4) is 0 Å². The van der Waals surface area contributed by atoms with E-state index >= 15 is 0 Å². The number of carboxylic acids is 1. The number of carboxylic acid groups (broad SMARTS) is 1.